The third-order valence-corrected chi connectivity index (χ3v) is 9.40. The van der Waals surface area contributed by atoms with E-state index in [9.17, 15) is 33.6 Å². The van der Waals surface area contributed by atoms with Crippen LogP contribution in [-0.4, -0.2) is 93.9 Å². The number of carbonyl (C=O) groups is 8. The first-order chi connectivity index (χ1) is 31.1. The Balaban J connectivity index is 0.000000405. The predicted octanol–water partition coefficient (Wildman–Crippen LogP) is 5.62. The minimum Gasteiger partial charge on any atom is -0.465 e. The van der Waals surface area contributed by atoms with Crippen LogP contribution in [0.1, 0.15) is 113 Å². The van der Waals surface area contributed by atoms with Gasteiger partial charge < -0.3 is 47.3 Å². The molecule has 5 rings (SSSR count). The Morgan fingerprint density at radius 3 is 2.14 bits per heavy atom. The number of anilines is 2. The molecular formula is C47H65N9O9. The molecule has 0 bridgehead atoms. The number of aryl methyl sites for hydroxylation is 1. The van der Waals surface area contributed by atoms with Gasteiger partial charge in [0.25, 0.3) is 5.91 Å². The number of primary amides is 1. The van der Waals surface area contributed by atoms with Gasteiger partial charge in [-0.1, -0.05) is 44.5 Å². The topological polar surface area (TPSA) is 275 Å². The molecule has 0 radical (unpaired) electrons. The maximum absolute atomic E-state index is 12.8. The molecule has 0 fully saturated rings. The van der Waals surface area contributed by atoms with Crippen LogP contribution >= 0.6 is 0 Å². The fraction of sp³-hybridized carbons (Fsp3) is 0.426. The molecule has 1 aliphatic rings. The van der Waals surface area contributed by atoms with E-state index >= 15 is 0 Å². The van der Waals surface area contributed by atoms with Gasteiger partial charge in [-0.3, -0.25) is 33.6 Å². The third-order valence-electron chi connectivity index (χ3n) is 9.40. The van der Waals surface area contributed by atoms with Crippen LogP contribution in [0.2, 0.25) is 0 Å². The molecule has 1 aromatic heterocycles. The van der Waals surface area contributed by atoms with Crippen LogP contribution in [0, 0.1) is 0 Å². The summed E-state index contributed by atoms with van der Waals surface area (Å²) in [4.78, 5) is 100. The molecule has 0 unspecified atom stereocenters. The number of hydrogen-bond acceptors (Lipinski definition) is 10. The van der Waals surface area contributed by atoms with Gasteiger partial charge in [-0.15, -0.1) is 0 Å². The van der Waals surface area contributed by atoms with E-state index in [2.05, 4.69) is 42.3 Å². The predicted molar refractivity (Wildman–Crippen MR) is 250 cm³/mol. The number of fused-ring (bicyclic) bond motifs is 2. The standard InChI is InChI=1S/C25H37N3O5.C19H19N5O2.C2H6.CH3NO2/c1-3-26-23(31)8-5-4-6-17-27-24(32)9-7-10-25(33)28-21-14-11-20(12-15-21)13-16-22(30)18-19(2)29;1-24(11-17-22-15-4-2-3-5-16(15)23-17)19(26)12-6-7-14-13(8-12)9-21-18(25)10-20-14;1-2;2-1(3)4/h11-12,14-15H,3-10,13,16-18H2,1-2H3,(H,26,31)(H,27,32)(H,28,33);2-8,20H,9-11H2,1H3,(H,21,25)(H,22,23);1-2H3;2H2,(H,3,4). The normalized spacial score (nSPS) is 11.1. The number of para-hydroxylation sites is 2. The number of aromatic amines is 1. The van der Waals surface area contributed by atoms with E-state index < -0.39 is 6.09 Å². The van der Waals surface area contributed by atoms with Crippen LogP contribution in [-0.2, 0) is 48.3 Å². The molecule has 0 saturated carbocycles. The van der Waals surface area contributed by atoms with E-state index in [0.29, 0.717) is 69.5 Å². The number of carboxylic acid groups (broad SMARTS) is 1. The average molecular weight is 900 g/mol. The van der Waals surface area contributed by atoms with Gasteiger partial charge in [0.2, 0.25) is 23.6 Å². The summed E-state index contributed by atoms with van der Waals surface area (Å²) in [6, 6.07) is 20.5. The summed E-state index contributed by atoms with van der Waals surface area (Å²) in [6.45, 7) is 9.56. The zero-order chi connectivity index (χ0) is 48.1. The summed E-state index contributed by atoms with van der Waals surface area (Å²) in [5, 5.41) is 21.5. The van der Waals surface area contributed by atoms with Crippen molar-refractivity contribution in [2.75, 3.05) is 37.3 Å². The first kappa shape index (κ1) is 54.0. The van der Waals surface area contributed by atoms with Crippen molar-refractivity contribution in [2.45, 2.75) is 105 Å². The zero-order valence-electron chi connectivity index (χ0n) is 38.1. The minimum absolute atomic E-state index is 0.0224. The number of ketones is 2. The third kappa shape index (κ3) is 22.2. The van der Waals surface area contributed by atoms with Crippen molar-refractivity contribution in [3.05, 3.63) is 89.2 Å². The molecule has 0 aliphatic carbocycles. The summed E-state index contributed by atoms with van der Waals surface area (Å²) in [5.74, 6) is 0.229. The fourth-order valence-corrected chi connectivity index (χ4v) is 6.30. The molecule has 2 heterocycles. The van der Waals surface area contributed by atoms with Gasteiger partial charge in [-0.25, -0.2) is 9.78 Å². The van der Waals surface area contributed by atoms with Crippen LogP contribution in [0.15, 0.2) is 66.7 Å². The second kappa shape index (κ2) is 30.1. The van der Waals surface area contributed by atoms with Crippen LogP contribution in [0.25, 0.3) is 11.0 Å². The van der Waals surface area contributed by atoms with E-state index in [0.717, 1.165) is 52.9 Å². The lowest BCUT2D eigenvalue weighted by atomic mass is 10.0. The number of H-pyrrole nitrogens is 1. The summed E-state index contributed by atoms with van der Waals surface area (Å²) in [5.41, 5.74) is 9.85. The Kier molecular flexibility index (Phi) is 25.0. The Labute approximate surface area is 380 Å². The van der Waals surface area contributed by atoms with Crippen molar-refractivity contribution in [2.24, 2.45) is 5.73 Å². The Morgan fingerprint density at radius 2 is 1.46 bits per heavy atom. The van der Waals surface area contributed by atoms with Crippen LogP contribution in [0.5, 0.6) is 0 Å². The number of hydrogen-bond donors (Lipinski definition) is 8. The molecule has 9 N–H and O–H groups in total. The van der Waals surface area contributed by atoms with E-state index in [1.165, 1.54) is 6.92 Å². The summed E-state index contributed by atoms with van der Waals surface area (Å²) in [7, 11) is 1.75. The maximum atomic E-state index is 12.8. The monoisotopic (exact) mass is 899 g/mol. The van der Waals surface area contributed by atoms with Gasteiger partial charge in [-0.05, 0) is 93.1 Å². The van der Waals surface area contributed by atoms with E-state index in [-0.39, 0.29) is 60.5 Å². The highest BCUT2D eigenvalue weighted by molar-refractivity contribution is 5.98. The number of aromatic nitrogens is 2. The maximum Gasteiger partial charge on any atom is 0.402 e. The number of imidazole rings is 1. The number of Topliss-reactive ketones (excluding diaryl/α,β-unsaturated/α-hetero) is 2. The number of amides is 6. The smallest absolute Gasteiger partial charge is 0.402 e. The Bertz CT molecular complexity index is 2150. The molecule has 0 spiro atoms. The highest BCUT2D eigenvalue weighted by atomic mass is 16.4. The van der Waals surface area contributed by atoms with Gasteiger partial charge >= 0.3 is 6.09 Å². The van der Waals surface area contributed by atoms with Crippen LogP contribution in [0.3, 0.4) is 0 Å². The van der Waals surface area contributed by atoms with Gasteiger partial charge in [0.15, 0.2) is 0 Å². The van der Waals surface area contributed by atoms with E-state index in [1.807, 2.05) is 69.3 Å². The van der Waals surface area contributed by atoms with Gasteiger partial charge in [0, 0.05) is 69.3 Å². The molecule has 65 heavy (non-hydrogen) atoms. The molecular weight excluding hydrogens is 835 g/mol. The summed E-state index contributed by atoms with van der Waals surface area (Å²) in [6.07, 6.45) is 3.56. The molecule has 6 amide bonds. The van der Waals surface area contributed by atoms with Gasteiger partial charge in [-0.2, -0.15) is 0 Å². The molecule has 18 heteroatoms. The number of benzene rings is 3. The van der Waals surface area contributed by atoms with Crippen LogP contribution < -0.4 is 32.3 Å². The number of rotatable bonds is 20. The lowest BCUT2D eigenvalue weighted by Crippen LogP contribution is -2.27. The number of carbonyl (C=O) groups excluding carboxylic acids is 7. The van der Waals surface area contributed by atoms with Crippen molar-refractivity contribution >= 4 is 69.6 Å². The summed E-state index contributed by atoms with van der Waals surface area (Å²) < 4.78 is 0. The van der Waals surface area contributed by atoms with Crippen molar-refractivity contribution in [3.8, 4) is 0 Å². The van der Waals surface area contributed by atoms with E-state index in [1.54, 1.807) is 30.1 Å². The SMILES string of the molecule is CC.CCNC(=O)CCCCCNC(=O)CCCC(=O)Nc1ccc(CCC(=O)CC(C)=O)cc1.CN(Cc1nc2ccccc2[nH]1)C(=O)c1ccc2c(c1)CNC(=O)CN2.NC(=O)O. The minimum atomic E-state index is -1.33. The van der Waals surface area contributed by atoms with Gasteiger partial charge in [0.1, 0.15) is 17.4 Å². The Morgan fingerprint density at radius 1 is 0.800 bits per heavy atom. The number of nitrogens with zero attached hydrogens (tertiary/aromatic N) is 2. The number of nitrogens with one attached hydrogen (secondary N) is 6. The number of nitrogens with two attached hydrogens (primary N) is 1. The molecule has 0 atom stereocenters. The van der Waals surface area contributed by atoms with Gasteiger partial charge in [0.05, 0.1) is 30.5 Å². The second-order valence-corrected chi connectivity index (χ2v) is 14.8. The lowest BCUT2D eigenvalue weighted by molar-refractivity contribution is -0.126. The quantitative estimate of drug-likeness (QED) is 0.0399. The summed E-state index contributed by atoms with van der Waals surface area (Å²) >= 11 is 0. The molecule has 0 saturated heterocycles. The van der Waals surface area contributed by atoms with Crippen molar-refractivity contribution in [3.63, 3.8) is 0 Å². The lowest BCUT2D eigenvalue weighted by Gasteiger charge is -2.17. The molecule has 18 nitrogen and oxygen atoms in total. The molecule has 1 aliphatic heterocycles. The highest BCUT2D eigenvalue weighted by Gasteiger charge is 2.18. The second-order valence-electron chi connectivity index (χ2n) is 14.8. The first-order valence-electron chi connectivity index (χ1n) is 21.9. The van der Waals surface area contributed by atoms with Crippen molar-refractivity contribution in [1.29, 1.82) is 0 Å². The molecule has 3 aromatic carbocycles. The number of unbranched alkanes of at least 4 members (excludes halogenated alkanes) is 2. The van der Waals surface area contributed by atoms with Crippen molar-refractivity contribution in [1.82, 2.24) is 30.8 Å². The highest BCUT2D eigenvalue weighted by Crippen LogP contribution is 2.21. The average Bonchev–Trinajstić information content (AvgIpc) is 3.59. The first-order valence-corrected chi connectivity index (χ1v) is 21.9. The largest absolute Gasteiger partial charge is 0.465 e. The molecule has 352 valence electrons. The van der Waals surface area contributed by atoms with Crippen molar-refractivity contribution < 1.29 is 43.5 Å². The zero-order valence-corrected chi connectivity index (χ0v) is 38.1. The van der Waals surface area contributed by atoms with E-state index in [4.69, 9.17) is 9.90 Å². The molecule has 4 aromatic rings. The fourth-order valence-electron chi connectivity index (χ4n) is 6.30. The Hall–Kier alpha value is -7.11. The van der Waals surface area contributed by atoms with Crippen LogP contribution in [0.4, 0.5) is 16.2 Å².